The average molecular weight is 315 g/mol. The molecule has 2 aliphatic rings. The van der Waals surface area contributed by atoms with E-state index in [0.717, 1.165) is 35.6 Å². The summed E-state index contributed by atoms with van der Waals surface area (Å²) >= 11 is 3.49. The monoisotopic (exact) mass is 314 g/mol. The number of hydrogen-bond donors (Lipinski definition) is 1. The van der Waals surface area contributed by atoms with E-state index in [2.05, 4.69) is 25.5 Å². The molecule has 3 rings (SSSR count). The zero-order chi connectivity index (χ0) is 12.7. The van der Waals surface area contributed by atoms with Gasteiger partial charge in [-0.05, 0) is 35.2 Å². The summed E-state index contributed by atoms with van der Waals surface area (Å²) < 4.78 is 8.36. The molecular weight excluding hydrogens is 300 g/mol. The first-order chi connectivity index (χ1) is 8.66. The number of aliphatic carboxylic acids is 1. The maximum Gasteiger partial charge on any atom is 0.308 e. The van der Waals surface area contributed by atoms with Gasteiger partial charge in [0, 0.05) is 19.1 Å². The quantitative estimate of drug-likeness (QED) is 0.904. The molecule has 0 radical (unpaired) electrons. The molecule has 0 amide bonds. The second-order valence-corrected chi connectivity index (χ2v) is 5.70. The molecule has 1 saturated heterocycles. The van der Waals surface area contributed by atoms with Gasteiger partial charge in [0.2, 0.25) is 0 Å². The highest BCUT2D eigenvalue weighted by Crippen LogP contribution is 2.33. The van der Waals surface area contributed by atoms with Crippen LogP contribution in [0.2, 0.25) is 0 Å². The summed E-state index contributed by atoms with van der Waals surface area (Å²) in [5, 5.41) is 9.16. The number of hydrogen-bond acceptors (Lipinski definition) is 3. The fourth-order valence-electron chi connectivity index (χ4n) is 2.79. The van der Waals surface area contributed by atoms with E-state index in [0.29, 0.717) is 25.5 Å². The van der Waals surface area contributed by atoms with Crippen molar-refractivity contribution in [3.8, 4) is 0 Å². The first-order valence-corrected chi connectivity index (χ1v) is 7.01. The van der Waals surface area contributed by atoms with Gasteiger partial charge in [-0.15, -0.1) is 0 Å². The number of nitrogens with zero attached hydrogens (tertiary/aromatic N) is 2. The normalized spacial score (nSPS) is 27.2. The van der Waals surface area contributed by atoms with Crippen LogP contribution in [0.1, 0.15) is 30.3 Å². The van der Waals surface area contributed by atoms with E-state index in [1.807, 2.05) is 0 Å². The summed E-state index contributed by atoms with van der Waals surface area (Å²) in [6, 6.07) is 0. The van der Waals surface area contributed by atoms with E-state index in [1.54, 1.807) is 0 Å². The molecule has 1 N–H and O–H groups in total. The van der Waals surface area contributed by atoms with Gasteiger partial charge in [0.05, 0.1) is 18.2 Å². The van der Waals surface area contributed by atoms with Gasteiger partial charge in [-0.3, -0.25) is 4.79 Å². The van der Waals surface area contributed by atoms with Crippen molar-refractivity contribution in [2.45, 2.75) is 31.7 Å². The highest BCUT2D eigenvalue weighted by molar-refractivity contribution is 9.10. The summed E-state index contributed by atoms with van der Waals surface area (Å²) in [4.78, 5) is 15.7. The Morgan fingerprint density at radius 1 is 1.50 bits per heavy atom. The number of fused-ring (bicyclic) bond motifs is 1. The Labute approximate surface area is 113 Å². The third-order valence-electron chi connectivity index (χ3n) is 3.83. The number of rotatable bonds is 2. The lowest BCUT2D eigenvalue weighted by molar-refractivity contribution is -0.142. The molecule has 6 heteroatoms. The van der Waals surface area contributed by atoms with Crippen molar-refractivity contribution in [2.75, 3.05) is 13.2 Å². The van der Waals surface area contributed by atoms with E-state index < -0.39 is 5.97 Å². The van der Waals surface area contributed by atoms with Crippen molar-refractivity contribution in [1.29, 1.82) is 0 Å². The molecule has 0 saturated carbocycles. The third kappa shape index (κ3) is 1.97. The van der Waals surface area contributed by atoms with Crippen LogP contribution in [0, 0.1) is 5.92 Å². The molecule has 0 aliphatic carbocycles. The van der Waals surface area contributed by atoms with Gasteiger partial charge in [-0.1, -0.05) is 0 Å². The van der Waals surface area contributed by atoms with Crippen molar-refractivity contribution in [2.24, 2.45) is 5.92 Å². The molecular formula is C12H15BrN2O3. The number of imidazole rings is 1. The van der Waals surface area contributed by atoms with Crippen LogP contribution in [0.5, 0.6) is 0 Å². The lowest BCUT2D eigenvalue weighted by Gasteiger charge is -2.23. The first kappa shape index (κ1) is 12.2. The lowest BCUT2D eigenvalue weighted by Crippen LogP contribution is -2.28. The number of aromatic nitrogens is 2. The number of carbonyl (C=O) groups is 1. The standard InChI is InChI=1S/C12H15BrN2O3/c13-10-9-2-1-7(12(16)17)5-15(9)11(14-10)8-3-4-18-6-8/h7-8H,1-6H2,(H,16,17). The molecule has 1 fully saturated rings. The van der Waals surface area contributed by atoms with Crippen LogP contribution in [-0.2, 0) is 22.5 Å². The Morgan fingerprint density at radius 3 is 3.00 bits per heavy atom. The second kappa shape index (κ2) is 4.66. The minimum atomic E-state index is -0.709. The fourth-order valence-corrected chi connectivity index (χ4v) is 3.38. The summed E-state index contributed by atoms with van der Waals surface area (Å²) in [7, 11) is 0. The molecule has 18 heavy (non-hydrogen) atoms. The average Bonchev–Trinajstić information content (AvgIpc) is 2.97. The molecule has 1 aromatic heterocycles. The van der Waals surface area contributed by atoms with Crippen molar-refractivity contribution in [1.82, 2.24) is 9.55 Å². The Morgan fingerprint density at radius 2 is 2.33 bits per heavy atom. The van der Waals surface area contributed by atoms with Crippen LogP contribution in [0.15, 0.2) is 4.60 Å². The highest BCUT2D eigenvalue weighted by atomic mass is 79.9. The van der Waals surface area contributed by atoms with Gasteiger partial charge >= 0.3 is 5.97 Å². The topological polar surface area (TPSA) is 64.3 Å². The van der Waals surface area contributed by atoms with Crippen LogP contribution in [0.3, 0.4) is 0 Å². The van der Waals surface area contributed by atoms with Crippen LogP contribution in [0.25, 0.3) is 0 Å². The summed E-state index contributed by atoms with van der Waals surface area (Å²) in [5.74, 6) is 0.293. The predicted molar refractivity (Wildman–Crippen MR) is 67.6 cm³/mol. The maximum absolute atomic E-state index is 11.1. The van der Waals surface area contributed by atoms with Crippen molar-refractivity contribution in [3.05, 3.63) is 16.1 Å². The fraction of sp³-hybridized carbons (Fsp3) is 0.667. The van der Waals surface area contributed by atoms with Gasteiger partial charge in [-0.2, -0.15) is 0 Å². The highest BCUT2D eigenvalue weighted by Gasteiger charge is 2.32. The summed E-state index contributed by atoms with van der Waals surface area (Å²) in [5.41, 5.74) is 1.13. The van der Waals surface area contributed by atoms with Gasteiger partial charge in [0.25, 0.3) is 0 Å². The molecule has 5 nitrogen and oxygen atoms in total. The molecule has 2 aliphatic heterocycles. The van der Waals surface area contributed by atoms with Gasteiger partial charge in [0.15, 0.2) is 0 Å². The third-order valence-corrected chi connectivity index (χ3v) is 4.46. The number of carboxylic acid groups (broad SMARTS) is 1. The van der Waals surface area contributed by atoms with E-state index >= 15 is 0 Å². The van der Waals surface area contributed by atoms with Crippen molar-refractivity contribution >= 4 is 21.9 Å². The molecule has 0 aromatic carbocycles. The number of ether oxygens (including phenoxy) is 1. The summed E-state index contributed by atoms with van der Waals surface area (Å²) in [6.07, 6.45) is 2.44. The molecule has 0 spiro atoms. The molecule has 2 unspecified atom stereocenters. The first-order valence-electron chi connectivity index (χ1n) is 6.22. The summed E-state index contributed by atoms with van der Waals surface area (Å²) in [6.45, 7) is 2.00. The Hall–Kier alpha value is -0.880. The zero-order valence-electron chi connectivity index (χ0n) is 9.93. The molecule has 3 heterocycles. The number of halogens is 1. The Bertz CT molecular complexity index is 480. The van der Waals surface area contributed by atoms with Crippen LogP contribution in [0.4, 0.5) is 0 Å². The largest absolute Gasteiger partial charge is 0.481 e. The molecule has 98 valence electrons. The minimum Gasteiger partial charge on any atom is -0.481 e. The second-order valence-electron chi connectivity index (χ2n) is 4.95. The molecule has 0 bridgehead atoms. The molecule has 1 aromatic rings. The predicted octanol–water partition coefficient (Wildman–Crippen LogP) is 1.80. The zero-order valence-corrected chi connectivity index (χ0v) is 11.5. The Kier molecular flexibility index (Phi) is 3.15. The smallest absolute Gasteiger partial charge is 0.308 e. The van der Waals surface area contributed by atoms with E-state index in [4.69, 9.17) is 9.84 Å². The van der Waals surface area contributed by atoms with E-state index in [-0.39, 0.29) is 5.92 Å². The van der Waals surface area contributed by atoms with Crippen molar-refractivity contribution < 1.29 is 14.6 Å². The van der Waals surface area contributed by atoms with E-state index in [1.165, 1.54) is 0 Å². The van der Waals surface area contributed by atoms with E-state index in [9.17, 15) is 4.79 Å². The number of carboxylic acids is 1. The maximum atomic E-state index is 11.1. The van der Waals surface area contributed by atoms with Gasteiger partial charge in [0.1, 0.15) is 10.4 Å². The SMILES string of the molecule is O=C(O)C1CCc2c(Br)nc(C3CCOC3)n2C1. The minimum absolute atomic E-state index is 0.292. The van der Waals surface area contributed by atoms with Crippen molar-refractivity contribution in [3.63, 3.8) is 0 Å². The van der Waals surface area contributed by atoms with Crippen LogP contribution < -0.4 is 0 Å². The van der Waals surface area contributed by atoms with Crippen LogP contribution >= 0.6 is 15.9 Å². The lowest BCUT2D eigenvalue weighted by atomic mass is 9.97. The van der Waals surface area contributed by atoms with Gasteiger partial charge < -0.3 is 14.4 Å². The Balaban J connectivity index is 1.95. The van der Waals surface area contributed by atoms with Crippen LogP contribution in [-0.4, -0.2) is 33.8 Å². The molecule has 2 atom stereocenters. The van der Waals surface area contributed by atoms with Gasteiger partial charge in [-0.25, -0.2) is 4.98 Å².